The molecule has 0 atom stereocenters. The van der Waals surface area contributed by atoms with Crippen LogP contribution in [0.4, 0.5) is 0 Å². The van der Waals surface area contributed by atoms with Gasteiger partial charge in [0.05, 0.1) is 6.54 Å². The summed E-state index contributed by atoms with van der Waals surface area (Å²) in [7, 11) is 0. The molecule has 0 aliphatic heterocycles. The van der Waals surface area contributed by atoms with Gasteiger partial charge in [0.1, 0.15) is 0 Å². The number of hydrogen-bond acceptors (Lipinski definition) is 4. The van der Waals surface area contributed by atoms with Crippen molar-refractivity contribution in [2.75, 3.05) is 12.0 Å². The SMILES string of the molecule is CSCCn1ccc(=O)n(CC(=O)c2ccccc2)c1=O. The number of thioether (sulfide) groups is 1. The molecule has 2 aromatic rings. The summed E-state index contributed by atoms with van der Waals surface area (Å²) < 4.78 is 2.44. The fourth-order valence-electron chi connectivity index (χ4n) is 1.92. The lowest BCUT2D eigenvalue weighted by Gasteiger charge is -2.08. The van der Waals surface area contributed by atoms with Gasteiger partial charge in [-0.3, -0.25) is 18.7 Å². The topological polar surface area (TPSA) is 61.1 Å². The van der Waals surface area contributed by atoms with Crippen LogP contribution in [0.1, 0.15) is 10.4 Å². The summed E-state index contributed by atoms with van der Waals surface area (Å²) in [6, 6.07) is 9.96. The zero-order chi connectivity index (χ0) is 15.2. The molecule has 1 heterocycles. The van der Waals surface area contributed by atoms with Crippen LogP contribution in [0.2, 0.25) is 0 Å². The fourth-order valence-corrected chi connectivity index (χ4v) is 2.30. The summed E-state index contributed by atoms with van der Waals surface area (Å²) in [4.78, 5) is 36.2. The summed E-state index contributed by atoms with van der Waals surface area (Å²) in [6.45, 7) is 0.279. The Labute approximate surface area is 126 Å². The molecule has 0 N–H and O–H groups in total. The van der Waals surface area contributed by atoms with E-state index in [0.717, 1.165) is 10.3 Å². The van der Waals surface area contributed by atoms with Gasteiger partial charge < -0.3 is 0 Å². The third-order valence-electron chi connectivity index (χ3n) is 3.07. The minimum Gasteiger partial charge on any atom is -0.300 e. The van der Waals surface area contributed by atoms with E-state index in [4.69, 9.17) is 0 Å². The number of aromatic nitrogens is 2. The monoisotopic (exact) mass is 304 g/mol. The summed E-state index contributed by atoms with van der Waals surface area (Å²) in [6.07, 6.45) is 3.42. The molecule has 1 aromatic carbocycles. The van der Waals surface area contributed by atoms with E-state index in [1.54, 1.807) is 42.1 Å². The molecule has 0 amide bonds. The Morgan fingerprint density at radius 3 is 2.52 bits per heavy atom. The standard InChI is InChI=1S/C15H16N2O3S/c1-21-10-9-16-8-7-14(19)17(15(16)20)11-13(18)12-5-3-2-4-6-12/h2-8H,9-11H2,1H3. The van der Waals surface area contributed by atoms with Gasteiger partial charge in [-0.2, -0.15) is 11.8 Å². The summed E-state index contributed by atoms with van der Waals surface area (Å²) in [5, 5.41) is 0. The first kappa shape index (κ1) is 15.3. The molecule has 2 rings (SSSR count). The number of nitrogens with zero attached hydrogens (tertiary/aromatic N) is 2. The minimum atomic E-state index is -0.454. The Hall–Kier alpha value is -2.08. The predicted molar refractivity (Wildman–Crippen MR) is 84.1 cm³/mol. The molecule has 21 heavy (non-hydrogen) atoms. The normalized spacial score (nSPS) is 10.5. The maximum absolute atomic E-state index is 12.2. The van der Waals surface area contributed by atoms with Crippen LogP contribution in [-0.2, 0) is 13.1 Å². The van der Waals surface area contributed by atoms with Crippen molar-refractivity contribution in [1.82, 2.24) is 9.13 Å². The molecular formula is C15H16N2O3S. The first-order valence-electron chi connectivity index (χ1n) is 6.51. The van der Waals surface area contributed by atoms with E-state index in [1.165, 1.54) is 16.8 Å². The van der Waals surface area contributed by atoms with Crippen LogP contribution < -0.4 is 11.2 Å². The first-order chi connectivity index (χ1) is 10.1. The number of rotatable bonds is 6. The number of carbonyl (C=O) groups is 1. The van der Waals surface area contributed by atoms with Crippen LogP contribution in [-0.4, -0.2) is 26.9 Å². The van der Waals surface area contributed by atoms with E-state index in [1.807, 2.05) is 6.26 Å². The molecule has 0 aliphatic rings. The quantitative estimate of drug-likeness (QED) is 0.754. The molecule has 5 nitrogen and oxygen atoms in total. The Morgan fingerprint density at radius 2 is 1.86 bits per heavy atom. The van der Waals surface area contributed by atoms with E-state index in [-0.39, 0.29) is 12.3 Å². The number of ketones is 1. The van der Waals surface area contributed by atoms with Gasteiger partial charge in [-0.25, -0.2) is 4.79 Å². The highest BCUT2D eigenvalue weighted by atomic mass is 32.2. The molecule has 0 unspecified atom stereocenters. The third-order valence-corrected chi connectivity index (χ3v) is 3.66. The highest BCUT2D eigenvalue weighted by molar-refractivity contribution is 7.98. The zero-order valence-electron chi connectivity index (χ0n) is 11.7. The lowest BCUT2D eigenvalue weighted by molar-refractivity contribution is 0.0968. The Bertz CT molecular complexity index is 735. The second kappa shape index (κ2) is 7.08. The van der Waals surface area contributed by atoms with Gasteiger partial charge in [-0.1, -0.05) is 30.3 Å². The molecule has 6 heteroatoms. The lowest BCUT2D eigenvalue weighted by atomic mass is 10.1. The largest absolute Gasteiger partial charge is 0.331 e. The number of aryl methyl sites for hydroxylation is 1. The molecular weight excluding hydrogens is 288 g/mol. The summed E-state index contributed by atoms with van der Waals surface area (Å²) in [5.41, 5.74) is -0.408. The van der Waals surface area contributed by atoms with Crippen molar-refractivity contribution in [2.24, 2.45) is 0 Å². The first-order valence-corrected chi connectivity index (χ1v) is 7.90. The molecule has 0 saturated carbocycles. The summed E-state index contributed by atoms with van der Waals surface area (Å²) in [5.74, 6) is 0.516. The third kappa shape index (κ3) is 3.72. The van der Waals surface area contributed by atoms with Gasteiger partial charge >= 0.3 is 5.69 Å². The molecule has 0 aliphatic carbocycles. The Morgan fingerprint density at radius 1 is 1.14 bits per heavy atom. The molecule has 0 saturated heterocycles. The van der Waals surface area contributed by atoms with E-state index in [0.29, 0.717) is 12.1 Å². The molecule has 1 aromatic heterocycles. The molecule has 0 radical (unpaired) electrons. The van der Waals surface area contributed by atoms with Crippen LogP contribution in [0.25, 0.3) is 0 Å². The Balaban J connectivity index is 2.29. The van der Waals surface area contributed by atoms with Crippen LogP contribution in [0, 0.1) is 0 Å². The van der Waals surface area contributed by atoms with Gasteiger partial charge in [0.2, 0.25) is 0 Å². The molecule has 0 spiro atoms. The second-order valence-electron chi connectivity index (χ2n) is 4.50. The number of hydrogen-bond donors (Lipinski definition) is 0. The maximum atomic E-state index is 12.2. The van der Waals surface area contributed by atoms with Gasteiger partial charge in [0.25, 0.3) is 5.56 Å². The van der Waals surface area contributed by atoms with Crippen molar-refractivity contribution in [2.45, 2.75) is 13.1 Å². The highest BCUT2D eigenvalue weighted by Crippen LogP contribution is 2.00. The van der Waals surface area contributed by atoms with Crippen LogP contribution in [0.15, 0.2) is 52.2 Å². The van der Waals surface area contributed by atoms with E-state index < -0.39 is 11.2 Å². The van der Waals surface area contributed by atoms with Crippen molar-refractivity contribution < 1.29 is 4.79 Å². The van der Waals surface area contributed by atoms with Gasteiger partial charge in [0, 0.05) is 30.1 Å². The van der Waals surface area contributed by atoms with Crippen molar-refractivity contribution in [3.63, 3.8) is 0 Å². The van der Waals surface area contributed by atoms with Crippen molar-refractivity contribution in [1.29, 1.82) is 0 Å². The van der Waals surface area contributed by atoms with Gasteiger partial charge in [0.15, 0.2) is 5.78 Å². The Kier molecular flexibility index (Phi) is 5.16. The van der Waals surface area contributed by atoms with Crippen molar-refractivity contribution in [3.05, 3.63) is 69.0 Å². The number of Topliss-reactive ketones (excluding diaryl/α,β-unsaturated/α-hetero) is 1. The fraction of sp³-hybridized carbons (Fsp3) is 0.267. The zero-order valence-corrected chi connectivity index (χ0v) is 12.5. The minimum absolute atomic E-state index is 0.234. The van der Waals surface area contributed by atoms with Crippen LogP contribution in [0.3, 0.4) is 0 Å². The number of benzene rings is 1. The summed E-state index contributed by atoms with van der Waals surface area (Å²) >= 11 is 1.61. The molecule has 0 bridgehead atoms. The van der Waals surface area contributed by atoms with E-state index >= 15 is 0 Å². The molecule has 0 fully saturated rings. The second-order valence-corrected chi connectivity index (χ2v) is 5.48. The maximum Gasteiger partial charge on any atom is 0.331 e. The van der Waals surface area contributed by atoms with Crippen LogP contribution >= 0.6 is 11.8 Å². The van der Waals surface area contributed by atoms with Crippen LogP contribution in [0.5, 0.6) is 0 Å². The lowest BCUT2D eigenvalue weighted by Crippen LogP contribution is -2.41. The van der Waals surface area contributed by atoms with E-state index in [9.17, 15) is 14.4 Å². The van der Waals surface area contributed by atoms with Gasteiger partial charge in [-0.15, -0.1) is 0 Å². The number of carbonyl (C=O) groups excluding carboxylic acids is 1. The van der Waals surface area contributed by atoms with E-state index in [2.05, 4.69) is 0 Å². The van der Waals surface area contributed by atoms with Crippen molar-refractivity contribution >= 4 is 17.5 Å². The predicted octanol–water partition coefficient (Wildman–Crippen LogP) is 1.26. The van der Waals surface area contributed by atoms with Crippen molar-refractivity contribution in [3.8, 4) is 0 Å². The van der Waals surface area contributed by atoms with Gasteiger partial charge in [-0.05, 0) is 6.26 Å². The average Bonchev–Trinajstić information content (AvgIpc) is 2.51. The smallest absolute Gasteiger partial charge is 0.300 e. The molecule has 110 valence electrons. The average molecular weight is 304 g/mol. The highest BCUT2D eigenvalue weighted by Gasteiger charge is 2.11.